The second-order valence-electron chi connectivity index (χ2n) is 8.07. The first-order valence-corrected chi connectivity index (χ1v) is 10.7. The highest BCUT2D eigenvalue weighted by molar-refractivity contribution is 5.80. The number of piperazine rings is 1. The first-order valence-electron chi connectivity index (χ1n) is 10.7. The van der Waals surface area contributed by atoms with Gasteiger partial charge in [-0.3, -0.25) is 25.0 Å². The number of amides is 1. The van der Waals surface area contributed by atoms with E-state index >= 15 is 0 Å². The van der Waals surface area contributed by atoms with Crippen LogP contribution >= 0.6 is 0 Å². The van der Waals surface area contributed by atoms with Crippen molar-refractivity contribution in [3.8, 4) is 0 Å². The largest absolute Gasteiger partial charge is 0.366 e. The second kappa shape index (κ2) is 9.21. The van der Waals surface area contributed by atoms with Crippen LogP contribution in [0.15, 0.2) is 48.5 Å². The standard InChI is InChI=1S/C22H25N5O5/c28-22(17-9-11-23(12-10-17)18-5-1-3-7-20(18)26(29)30)25-15-13-24(14-16-25)19-6-2-4-8-21(19)27(31)32/h1-8,17H,9-16H2. The van der Waals surface area contributed by atoms with Gasteiger partial charge in [0.1, 0.15) is 11.4 Å². The molecule has 1 amide bonds. The van der Waals surface area contributed by atoms with Gasteiger partial charge >= 0.3 is 0 Å². The van der Waals surface area contributed by atoms with Gasteiger partial charge in [-0.25, -0.2) is 0 Å². The summed E-state index contributed by atoms with van der Waals surface area (Å²) in [6.07, 6.45) is 1.30. The summed E-state index contributed by atoms with van der Waals surface area (Å²) >= 11 is 0. The minimum atomic E-state index is -0.377. The summed E-state index contributed by atoms with van der Waals surface area (Å²) in [6, 6.07) is 13.4. The van der Waals surface area contributed by atoms with E-state index in [4.69, 9.17) is 0 Å². The number of hydrogen-bond acceptors (Lipinski definition) is 7. The van der Waals surface area contributed by atoms with E-state index in [-0.39, 0.29) is 33.0 Å². The summed E-state index contributed by atoms with van der Waals surface area (Å²) in [5.74, 6) is 0.000975. The number of nitro benzene ring substituents is 2. The van der Waals surface area contributed by atoms with Crippen LogP contribution in [0, 0.1) is 26.1 Å². The van der Waals surface area contributed by atoms with Gasteiger partial charge in [0, 0.05) is 57.3 Å². The van der Waals surface area contributed by atoms with E-state index in [0.29, 0.717) is 63.5 Å². The molecule has 0 saturated carbocycles. The predicted octanol–water partition coefficient (Wildman–Crippen LogP) is 3.07. The third-order valence-electron chi connectivity index (χ3n) is 6.27. The quantitative estimate of drug-likeness (QED) is 0.520. The Morgan fingerprint density at radius 1 is 0.719 bits per heavy atom. The van der Waals surface area contributed by atoms with Gasteiger partial charge in [0.25, 0.3) is 11.4 Å². The fourth-order valence-electron chi connectivity index (χ4n) is 4.57. The zero-order chi connectivity index (χ0) is 22.7. The molecule has 0 atom stereocenters. The number of nitrogens with zero attached hydrogens (tertiary/aromatic N) is 5. The maximum Gasteiger partial charge on any atom is 0.292 e. The topological polar surface area (TPSA) is 113 Å². The summed E-state index contributed by atoms with van der Waals surface area (Å²) in [5, 5.41) is 22.6. The molecule has 168 valence electrons. The number of carbonyl (C=O) groups excluding carboxylic acids is 1. The van der Waals surface area contributed by atoms with Gasteiger partial charge in [0.2, 0.25) is 5.91 Å². The number of anilines is 2. The summed E-state index contributed by atoms with van der Waals surface area (Å²) in [7, 11) is 0. The maximum absolute atomic E-state index is 13.1. The van der Waals surface area contributed by atoms with Gasteiger partial charge in [0.05, 0.1) is 9.85 Å². The Labute approximate surface area is 185 Å². The summed E-state index contributed by atoms with van der Waals surface area (Å²) in [6.45, 7) is 3.33. The molecular weight excluding hydrogens is 414 g/mol. The molecule has 0 bridgehead atoms. The fourth-order valence-corrected chi connectivity index (χ4v) is 4.57. The van der Waals surface area contributed by atoms with Crippen molar-refractivity contribution in [2.24, 2.45) is 5.92 Å². The van der Waals surface area contributed by atoms with Crippen LogP contribution in [0.25, 0.3) is 0 Å². The summed E-state index contributed by atoms with van der Waals surface area (Å²) in [5.41, 5.74) is 1.35. The van der Waals surface area contributed by atoms with E-state index in [1.165, 1.54) is 12.1 Å². The van der Waals surface area contributed by atoms with Gasteiger partial charge < -0.3 is 14.7 Å². The molecule has 0 aromatic heterocycles. The second-order valence-corrected chi connectivity index (χ2v) is 8.07. The van der Waals surface area contributed by atoms with E-state index < -0.39 is 0 Å². The zero-order valence-corrected chi connectivity index (χ0v) is 17.6. The molecule has 10 nitrogen and oxygen atoms in total. The monoisotopic (exact) mass is 439 g/mol. The molecule has 2 aromatic rings. The number of rotatable bonds is 5. The molecule has 0 spiro atoms. The van der Waals surface area contributed by atoms with Crippen molar-refractivity contribution in [3.63, 3.8) is 0 Å². The molecule has 2 fully saturated rings. The number of nitro groups is 2. The number of hydrogen-bond donors (Lipinski definition) is 0. The van der Waals surface area contributed by atoms with E-state index in [1.54, 1.807) is 36.4 Å². The van der Waals surface area contributed by atoms with Crippen LogP contribution in [0.1, 0.15) is 12.8 Å². The lowest BCUT2D eigenvalue weighted by Gasteiger charge is -2.39. The van der Waals surface area contributed by atoms with Crippen LogP contribution in [-0.2, 0) is 4.79 Å². The van der Waals surface area contributed by atoms with Gasteiger partial charge in [-0.2, -0.15) is 0 Å². The molecule has 0 aliphatic carbocycles. The van der Waals surface area contributed by atoms with Crippen molar-refractivity contribution < 1.29 is 14.6 Å². The first-order chi connectivity index (χ1) is 15.5. The van der Waals surface area contributed by atoms with E-state index in [9.17, 15) is 25.0 Å². The molecule has 0 unspecified atom stereocenters. The van der Waals surface area contributed by atoms with Crippen LogP contribution < -0.4 is 9.80 Å². The van der Waals surface area contributed by atoms with E-state index in [0.717, 1.165) is 0 Å². The number of benzene rings is 2. The molecule has 10 heteroatoms. The van der Waals surface area contributed by atoms with Crippen molar-refractivity contribution >= 4 is 28.7 Å². The molecule has 2 aromatic carbocycles. The first kappa shape index (κ1) is 21.5. The van der Waals surface area contributed by atoms with Crippen molar-refractivity contribution in [3.05, 3.63) is 68.8 Å². The third kappa shape index (κ3) is 4.34. The van der Waals surface area contributed by atoms with Crippen LogP contribution in [0.5, 0.6) is 0 Å². The Balaban J connectivity index is 1.34. The lowest BCUT2D eigenvalue weighted by molar-refractivity contribution is -0.384. The molecule has 0 N–H and O–H groups in total. The molecule has 2 heterocycles. The van der Waals surface area contributed by atoms with E-state index in [2.05, 4.69) is 0 Å². The van der Waals surface area contributed by atoms with Crippen molar-refractivity contribution in [2.75, 3.05) is 49.1 Å². The normalized spacial score (nSPS) is 17.3. The van der Waals surface area contributed by atoms with Crippen LogP contribution in [0.4, 0.5) is 22.7 Å². The third-order valence-corrected chi connectivity index (χ3v) is 6.27. The molecule has 2 saturated heterocycles. The van der Waals surface area contributed by atoms with E-state index in [1.807, 2.05) is 14.7 Å². The van der Waals surface area contributed by atoms with Crippen LogP contribution in [0.2, 0.25) is 0 Å². The van der Waals surface area contributed by atoms with Crippen LogP contribution in [0.3, 0.4) is 0 Å². The Morgan fingerprint density at radius 2 is 1.16 bits per heavy atom. The SMILES string of the molecule is O=C(C1CCN(c2ccccc2[N+](=O)[O-])CC1)N1CCN(c2ccccc2[N+](=O)[O-])CC1. The molecule has 4 rings (SSSR count). The fraction of sp³-hybridized carbons (Fsp3) is 0.409. The number of piperidine rings is 1. The van der Waals surface area contributed by atoms with Crippen molar-refractivity contribution in [1.29, 1.82) is 0 Å². The smallest absolute Gasteiger partial charge is 0.292 e. The number of para-hydroxylation sites is 4. The summed E-state index contributed by atoms with van der Waals surface area (Å²) < 4.78 is 0. The maximum atomic E-state index is 13.1. The molecular formula is C22H25N5O5. The average Bonchev–Trinajstić information content (AvgIpc) is 2.84. The molecule has 32 heavy (non-hydrogen) atoms. The number of carbonyl (C=O) groups is 1. The van der Waals surface area contributed by atoms with Gasteiger partial charge in [-0.15, -0.1) is 0 Å². The van der Waals surface area contributed by atoms with Gasteiger partial charge in [-0.1, -0.05) is 24.3 Å². The lowest BCUT2D eigenvalue weighted by Crippen LogP contribution is -2.51. The molecule has 0 radical (unpaired) electrons. The Bertz CT molecular complexity index is 934. The Hall–Kier alpha value is -3.69. The zero-order valence-electron chi connectivity index (χ0n) is 17.6. The van der Waals surface area contributed by atoms with Gasteiger partial charge in [-0.05, 0) is 25.0 Å². The Kier molecular flexibility index (Phi) is 6.20. The van der Waals surface area contributed by atoms with Crippen molar-refractivity contribution in [2.45, 2.75) is 12.8 Å². The molecule has 2 aliphatic rings. The highest BCUT2D eigenvalue weighted by Gasteiger charge is 2.32. The molecule has 2 aliphatic heterocycles. The average molecular weight is 439 g/mol. The predicted molar refractivity (Wildman–Crippen MR) is 120 cm³/mol. The van der Waals surface area contributed by atoms with Gasteiger partial charge in [0.15, 0.2) is 0 Å². The van der Waals surface area contributed by atoms with Crippen molar-refractivity contribution in [1.82, 2.24) is 4.90 Å². The minimum Gasteiger partial charge on any atom is -0.366 e. The lowest BCUT2D eigenvalue weighted by atomic mass is 9.94. The highest BCUT2D eigenvalue weighted by atomic mass is 16.6. The highest BCUT2D eigenvalue weighted by Crippen LogP contribution is 2.32. The minimum absolute atomic E-state index is 0.0784. The van der Waals surface area contributed by atoms with Crippen LogP contribution in [-0.4, -0.2) is 59.9 Å². The Morgan fingerprint density at radius 3 is 1.62 bits per heavy atom. The summed E-state index contributed by atoms with van der Waals surface area (Å²) in [4.78, 5) is 40.7.